The lowest BCUT2D eigenvalue weighted by Gasteiger charge is -2.36. The number of halogens is 1. The average Bonchev–Trinajstić information content (AvgIpc) is 2.38. The molecule has 1 aromatic carbocycles. The third kappa shape index (κ3) is 4.26. The van der Waals surface area contributed by atoms with Crippen LogP contribution in [0.4, 0.5) is 4.39 Å². The number of hydrogen-bond donors (Lipinski definition) is 1. The molecule has 20 heavy (non-hydrogen) atoms. The molecule has 0 bridgehead atoms. The molecule has 0 amide bonds. The smallest absolute Gasteiger partial charge is 0.208 e. The molecule has 0 spiro atoms. The summed E-state index contributed by atoms with van der Waals surface area (Å²) in [6.07, 6.45) is 2.80. The van der Waals surface area contributed by atoms with E-state index in [2.05, 4.69) is 16.5 Å². The average molecular weight is 300 g/mol. The zero-order valence-corrected chi connectivity index (χ0v) is 12.7. The minimum atomic E-state index is -3.13. The van der Waals surface area contributed by atoms with Crippen LogP contribution in [-0.2, 0) is 10.0 Å². The SMILES string of the molecule is C[C@@H](c1ccc(F)cc1)N1CCC(NS(C)(=O)=O)CC1. The van der Waals surface area contributed by atoms with Crippen LogP contribution in [0.1, 0.15) is 31.4 Å². The van der Waals surface area contributed by atoms with Crippen LogP contribution in [0, 0.1) is 5.82 Å². The minimum Gasteiger partial charge on any atom is -0.296 e. The molecule has 1 N–H and O–H groups in total. The van der Waals surface area contributed by atoms with Crippen molar-refractivity contribution in [2.24, 2.45) is 0 Å². The minimum absolute atomic E-state index is 0.0293. The Morgan fingerprint density at radius 3 is 2.30 bits per heavy atom. The zero-order valence-electron chi connectivity index (χ0n) is 11.8. The number of rotatable bonds is 4. The van der Waals surface area contributed by atoms with E-state index in [9.17, 15) is 12.8 Å². The second-order valence-electron chi connectivity index (χ2n) is 5.43. The van der Waals surface area contributed by atoms with Gasteiger partial charge in [0.1, 0.15) is 5.82 Å². The van der Waals surface area contributed by atoms with Crippen molar-refractivity contribution in [2.45, 2.75) is 31.8 Å². The Labute approximate surface area is 120 Å². The maximum atomic E-state index is 12.9. The first-order valence-corrected chi connectivity index (χ1v) is 8.71. The van der Waals surface area contributed by atoms with E-state index in [4.69, 9.17) is 0 Å². The lowest BCUT2D eigenvalue weighted by Crippen LogP contribution is -2.44. The Morgan fingerprint density at radius 2 is 1.80 bits per heavy atom. The molecule has 4 nitrogen and oxygen atoms in total. The van der Waals surface area contributed by atoms with E-state index < -0.39 is 10.0 Å². The second kappa shape index (κ2) is 6.20. The molecule has 112 valence electrons. The van der Waals surface area contributed by atoms with Gasteiger partial charge in [-0.15, -0.1) is 0 Å². The van der Waals surface area contributed by atoms with Crippen molar-refractivity contribution in [1.29, 1.82) is 0 Å². The number of nitrogens with one attached hydrogen (secondary N) is 1. The number of hydrogen-bond acceptors (Lipinski definition) is 3. The summed E-state index contributed by atoms with van der Waals surface area (Å²) in [5.41, 5.74) is 1.08. The van der Waals surface area contributed by atoms with Crippen molar-refractivity contribution in [1.82, 2.24) is 9.62 Å². The Kier molecular flexibility index (Phi) is 4.78. The molecule has 1 heterocycles. The highest BCUT2D eigenvalue weighted by molar-refractivity contribution is 7.88. The van der Waals surface area contributed by atoms with Crippen molar-refractivity contribution < 1.29 is 12.8 Å². The summed E-state index contributed by atoms with van der Waals surface area (Å²) in [6.45, 7) is 3.77. The van der Waals surface area contributed by atoms with E-state index in [-0.39, 0.29) is 17.9 Å². The molecule has 1 aliphatic rings. The van der Waals surface area contributed by atoms with Crippen LogP contribution in [0.3, 0.4) is 0 Å². The Hall–Kier alpha value is -0.980. The van der Waals surface area contributed by atoms with Crippen LogP contribution >= 0.6 is 0 Å². The molecule has 1 fully saturated rings. The first-order valence-electron chi connectivity index (χ1n) is 6.82. The molecule has 0 aliphatic carbocycles. The molecule has 1 aromatic rings. The molecule has 1 saturated heterocycles. The van der Waals surface area contributed by atoms with Crippen LogP contribution in [0.15, 0.2) is 24.3 Å². The third-order valence-electron chi connectivity index (χ3n) is 3.81. The molecule has 0 aromatic heterocycles. The summed E-state index contributed by atoms with van der Waals surface area (Å²) in [4.78, 5) is 2.30. The Balaban J connectivity index is 1.91. The van der Waals surface area contributed by atoms with E-state index in [0.717, 1.165) is 31.5 Å². The predicted molar refractivity (Wildman–Crippen MR) is 77.4 cm³/mol. The van der Waals surface area contributed by atoms with E-state index in [1.807, 2.05) is 0 Å². The summed E-state index contributed by atoms with van der Waals surface area (Å²) in [7, 11) is -3.13. The second-order valence-corrected chi connectivity index (χ2v) is 7.21. The maximum Gasteiger partial charge on any atom is 0.208 e. The van der Waals surface area contributed by atoms with Gasteiger partial charge in [-0.25, -0.2) is 17.5 Å². The topological polar surface area (TPSA) is 49.4 Å². The first-order chi connectivity index (χ1) is 9.35. The standard InChI is InChI=1S/C14H21FN2O2S/c1-11(12-3-5-13(15)6-4-12)17-9-7-14(8-10-17)16-20(2,18)19/h3-6,11,14,16H,7-10H2,1-2H3/t11-/m0/s1. The lowest BCUT2D eigenvalue weighted by molar-refractivity contribution is 0.159. The van der Waals surface area contributed by atoms with Gasteiger partial charge < -0.3 is 0 Å². The quantitative estimate of drug-likeness (QED) is 0.924. The van der Waals surface area contributed by atoms with E-state index in [1.165, 1.54) is 18.4 Å². The van der Waals surface area contributed by atoms with Crippen LogP contribution in [0.25, 0.3) is 0 Å². The van der Waals surface area contributed by atoms with Gasteiger partial charge in [0.15, 0.2) is 0 Å². The first kappa shape index (κ1) is 15.4. The van der Waals surface area contributed by atoms with Crippen molar-refractivity contribution >= 4 is 10.0 Å². The molecule has 1 atom stereocenters. The monoisotopic (exact) mass is 300 g/mol. The fraction of sp³-hybridized carbons (Fsp3) is 0.571. The highest BCUT2D eigenvalue weighted by Crippen LogP contribution is 2.24. The van der Waals surface area contributed by atoms with Crippen LogP contribution in [0.5, 0.6) is 0 Å². The molecule has 2 rings (SSSR count). The number of piperidine rings is 1. The van der Waals surface area contributed by atoms with Crippen molar-refractivity contribution in [2.75, 3.05) is 19.3 Å². The number of likely N-dealkylation sites (tertiary alicyclic amines) is 1. The van der Waals surface area contributed by atoms with Gasteiger partial charge in [0, 0.05) is 25.2 Å². The summed E-state index contributed by atoms with van der Waals surface area (Å²) in [6, 6.07) is 6.81. The predicted octanol–water partition coefficient (Wildman–Crippen LogP) is 1.90. The molecule has 6 heteroatoms. The highest BCUT2D eigenvalue weighted by atomic mass is 32.2. The van der Waals surface area contributed by atoms with Crippen LogP contribution in [-0.4, -0.2) is 38.7 Å². The number of nitrogens with zero attached hydrogens (tertiary/aromatic N) is 1. The lowest BCUT2D eigenvalue weighted by atomic mass is 10.0. The van der Waals surface area contributed by atoms with Gasteiger partial charge in [0.25, 0.3) is 0 Å². The molecular weight excluding hydrogens is 279 g/mol. The highest BCUT2D eigenvalue weighted by Gasteiger charge is 2.25. The largest absolute Gasteiger partial charge is 0.296 e. The summed E-state index contributed by atoms with van der Waals surface area (Å²) >= 11 is 0. The van der Waals surface area contributed by atoms with Gasteiger partial charge in [-0.3, -0.25) is 4.90 Å². The van der Waals surface area contributed by atoms with E-state index >= 15 is 0 Å². The number of sulfonamides is 1. The molecule has 0 unspecified atom stereocenters. The van der Waals surface area contributed by atoms with E-state index in [0.29, 0.717) is 0 Å². The maximum absolute atomic E-state index is 12.9. The zero-order chi connectivity index (χ0) is 14.8. The fourth-order valence-corrected chi connectivity index (χ4v) is 3.50. The molecule has 0 radical (unpaired) electrons. The molecular formula is C14H21FN2O2S. The van der Waals surface area contributed by atoms with Gasteiger partial charge in [0.05, 0.1) is 6.26 Å². The normalized spacial score (nSPS) is 19.9. The number of benzene rings is 1. The molecule has 0 saturated carbocycles. The van der Waals surface area contributed by atoms with Crippen LogP contribution < -0.4 is 4.72 Å². The Bertz CT molecular complexity index is 537. The Morgan fingerprint density at radius 1 is 1.25 bits per heavy atom. The van der Waals surface area contributed by atoms with Crippen molar-refractivity contribution in [3.05, 3.63) is 35.6 Å². The van der Waals surface area contributed by atoms with E-state index in [1.54, 1.807) is 12.1 Å². The fourth-order valence-electron chi connectivity index (χ4n) is 2.66. The molecule has 1 aliphatic heterocycles. The third-order valence-corrected chi connectivity index (χ3v) is 4.57. The van der Waals surface area contributed by atoms with Gasteiger partial charge in [-0.2, -0.15) is 0 Å². The van der Waals surface area contributed by atoms with Gasteiger partial charge in [-0.1, -0.05) is 12.1 Å². The summed E-state index contributed by atoms with van der Waals surface area (Å²) in [5, 5.41) is 0. The van der Waals surface area contributed by atoms with Gasteiger partial charge >= 0.3 is 0 Å². The van der Waals surface area contributed by atoms with Gasteiger partial charge in [-0.05, 0) is 37.5 Å². The van der Waals surface area contributed by atoms with Crippen LogP contribution in [0.2, 0.25) is 0 Å². The summed E-state index contributed by atoms with van der Waals surface area (Å²) < 4.78 is 38.0. The summed E-state index contributed by atoms with van der Waals surface area (Å²) in [5.74, 6) is -0.225. The van der Waals surface area contributed by atoms with Crippen molar-refractivity contribution in [3.8, 4) is 0 Å². The van der Waals surface area contributed by atoms with Crippen molar-refractivity contribution in [3.63, 3.8) is 0 Å². The van der Waals surface area contributed by atoms with Gasteiger partial charge in [0.2, 0.25) is 10.0 Å².